The monoisotopic (exact) mass is 490 g/mol. The second kappa shape index (κ2) is 11.7. The van der Waals surface area contributed by atoms with Crippen LogP contribution in [0.1, 0.15) is 44.7 Å². The van der Waals surface area contributed by atoms with Crippen LogP contribution in [-0.2, 0) is 13.1 Å². The Kier molecular flexibility index (Phi) is 8.17. The van der Waals surface area contributed by atoms with Gasteiger partial charge in [-0.25, -0.2) is 9.78 Å². The first-order chi connectivity index (χ1) is 17.4. The maximum atomic E-state index is 12.6. The first-order valence-electron chi connectivity index (χ1n) is 12.3. The molecule has 0 saturated heterocycles. The highest BCUT2D eigenvalue weighted by atomic mass is 16.5. The molecule has 10 heteroatoms. The summed E-state index contributed by atoms with van der Waals surface area (Å²) in [5, 5.41) is 6.76. The molecule has 0 aliphatic heterocycles. The Hall–Kier alpha value is -3.92. The molecule has 3 aromatic heterocycles. The Labute approximate surface area is 210 Å². The molecule has 36 heavy (non-hydrogen) atoms. The van der Waals surface area contributed by atoms with E-state index in [-0.39, 0.29) is 24.1 Å². The van der Waals surface area contributed by atoms with Gasteiger partial charge in [0.1, 0.15) is 11.3 Å². The van der Waals surface area contributed by atoms with Crippen molar-refractivity contribution in [2.45, 2.75) is 46.7 Å². The second-order valence-electron chi connectivity index (χ2n) is 9.21. The number of aromatic amines is 1. The van der Waals surface area contributed by atoms with Gasteiger partial charge in [0, 0.05) is 18.4 Å². The standard InChI is InChI=1S/C26H34N8O2/c1-4-5-12-36-25-32-23(27)22-24(33-25)34(26(35)31-22)16-19-8-11-21(29-15-19)30-20-9-6-18(7-10-20)14-28-13-17(2)3/h6-11,15,17,28H,4-5,12-14,16H2,1-3H3,(H,29,30)(H,31,35)(H2,27,32,33). The van der Waals surface area contributed by atoms with Gasteiger partial charge in [0.25, 0.3) is 0 Å². The topological polar surface area (TPSA) is 136 Å². The van der Waals surface area contributed by atoms with Gasteiger partial charge in [0.15, 0.2) is 11.5 Å². The van der Waals surface area contributed by atoms with E-state index < -0.39 is 0 Å². The summed E-state index contributed by atoms with van der Waals surface area (Å²) in [5.41, 5.74) is 9.56. The van der Waals surface area contributed by atoms with Gasteiger partial charge < -0.3 is 26.1 Å². The number of ether oxygens (including phenoxy) is 1. The van der Waals surface area contributed by atoms with Crippen molar-refractivity contribution in [2.24, 2.45) is 5.92 Å². The number of hydrogen-bond donors (Lipinski definition) is 4. The maximum absolute atomic E-state index is 12.6. The van der Waals surface area contributed by atoms with Crippen molar-refractivity contribution in [3.63, 3.8) is 0 Å². The van der Waals surface area contributed by atoms with Crippen molar-refractivity contribution in [1.29, 1.82) is 0 Å². The van der Waals surface area contributed by atoms with Gasteiger partial charge in [-0.3, -0.25) is 4.57 Å². The van der Waals surface area contributed by atoms with E-state index >= 15 is 0 Å². The zero-order valence-electron chi connectivity index (χ0n) is 21.0. The van der Waals surface area contributed by atoms with Crippen LogP contribution in [0.15, 0.2) is 47.4 Å². The molecule has 0 atom stereocenters. The number of nitrogens with zero attached hydrogens (tertiary/aromatic N) is 4. The lowest BCUT2D eigenvalue weighted by molar-refractivity contribution is 0.286. The number of benzene rings is 1. The molecule has 0 saturated carbocycles. The minimum Gasteiger partial charge on any atom is -0.463 e. The summed E-state index contributed by atoms with van der Waals surface area (Å²) in [4.78, 5) is 28.4. The molecule has 3 heterocycles. The number of pyridine rings is 1. The van der Waals surface area contributed by atoms with Crippen molar-refractivity contribution < 1.29 is 4.74 Å². The predicted molar refractivity (Wildman–Crippen MR) is 143 cm³/mol. The SMILES string of the molecule is CCCCOc1nc(N)c2[nH]c(=O)n(Cc3ccc(Nc4ccc(CNCC(C)C)cc4)nc3)c2n1. The average Bonchev–Trinajstić information content (AvgIpc) is 3.17. The summed E-state index contributed by atoms with van der Waals surface area (Å²) in [6, 6.07) is 12.3. The molecule has 0 radical (unpaired) electrons. The fourth-order valence-corrected chi connectivity index (χ4v) is 3.68. The number of aromatic nitrogens is 5. The summed E-state index contributed by atoms with van der Waals surface area (Å²) < 4.78 is 7.11. The Morgan fingerprint density at radius 1 is 1.11 bits per heavy atom. The molecule has 0 aliphatic carbocycles. The fourth-order valence-electron chi connectivity index (χ4n) is 3.68. The number of fused-ring (bicyclic) bond motifs is 1. The normalized spacial score (nSPS) is 11.3. The number of nitrogens with one attached hydrogen (secondary N) is 3. The number of nitrogen functional groups attached to an aromatic ring is 1. The summed E-state index contributed by atoms with van der Waals surface area (Å²) in [6.45, 7) is 9.09. The molecule has 4 aromatic rings. The lowest BCUT2D eigenvalue weighted by Crippen LogP contribution is -2.18. The molecule has 10 nitrogen and oxygen atoms in total. The van der Waals surface area contributed by atoms with Crippen LogP contribution in [0.3, 0.4) is 0 Å². The van der Waals surface area contributed by atoms with Crippen molar-refractivity contribution >= 4 is 28.5 Å². The van der Waals surface area contributed by atoms with E-state index in [4.69, 9.17) is 10.5 Å². The number of H-pyrrole nitrogens is 1. The molecule has 1 aromatic carbocycles. The molecule has 4 rings (SSSR count). The molecular formula is C26H34N8O2. The number of nitrogens with two attached hydrogens (primary N) is 1. The van der Waals surface area contributed by atoms with E-state index in [0.29, 0.717) is 29.5 Å². The van der Waals surface area contributed by atoms with E-state index in [2.05, 4.69) is 63.5 Å². The van der Waals surface area contributed by atoms with Gasteiger partial charge in [0.2, 0.25) is 0 Å². The van der Waals surface area contributed by atoms with Gasteiger partial charge in [-0.15, -0.1) is 0 Å². The van der Waals surface area contributed by atoms with Gasteiger partial charge in [0.05, 0.1) is 13.2 Å². The zero-order valence-corrected chi connectivity index (χ0v) is 21.0. The van der Waals surface area contributed by atoms with Crippen molar-refractivity contribution in [3.05, 3.63) is 64.2 Å². The Balaban J connectivity index is 1.43. The third-order valence-corrected chi connectivity index (χ3v) is 5.63. The van der Waals surface area contributed by atoms with Gasteiger partial charge in [-0.2, -0.15) is 9.97 Å². The van der Waals surface area contributed by atoms with Gasteiger partial charge in [-0.1, -0.05) is 45.4 Å². The summed E-state index contributed by atoms with van der Waals surface area (Å²) in [7, 11) is 0. The Morgan fingerprint density at radius 2 is 1.89 bits per heavy atom. The molecule has 190 valence electrons. The van der Waals surface area contributed by atoms with Gasteiger partial charge in [-0.05, 0) is 48.2 Å². The van der Waals surface area contributed by atoms with Crippen molar-refractivity contribution in [1.82, 2.24) is 29.8 Å². The Morgan fingerprint density at radius 3 is 2.58 bits per heavy atom. The van der Waals surface area contributed by atoms with Crippen LogP contribution >= 0.6 is 0 Å². The second-order valence-corrected chi connectivity index (χ2v) is 9.21. The van der Waals surface area contributed by atoms with Gasteiger partial charge >= 0.3 is 11.7 Å². The van der Waals surface area contributed by atoms with Crippen LogP contribution in [0.2, 0.25) is 0 Å². The average molecular weight is 491 g/mol. The van der Waals surface area contributed by atoms with Crippen LogP contribution in [0.4, 0.5) is 17.3 Å². The quantitative estimate of drug-likeness (QED) is 0.220. The van der Waals surface area contributed by atoms with E-state index in [1.165, 1.54) is 10.1 Å². The minimum absolute atomic E-state index is 0.167. The third-order valence-electron chi connectivity index (χ3n) is 5.63. The van der Waals surface area contributed by atoms with E-state index in [1.54, 1.807) is 6.20 Å². The van der Waals surface area contributed by atoms with E-state index in [1.807, 2.05) is 24.3 Å². The number of rotatable bonds is 12. The molecule has 0 aliphatic rings. The number of anilines is 3. The number of unbranched alkanes of at least 4 members (excludes halogenated alkanes) is 1. The molecular weight excluding hydrogens is 456 g/mol. The highest BCUT2D eigenvalue weighted by Gasteiger charge is 2.15. The smallest absolute Gasteiger partial charge is 0.328 e. The minimum atomic E-state index is -0.318. The van der Waals surface area contributed by atoms with Crippen LogP contribution in [0, 0.1) is 5.92 Å². The highest BCUT2D eigenvalue weighted by molar-refractivity contribution is 5.81. The largest absolute Gasteiger partial charge is 0.463 e. The Bertz CT molecular complexity index is 1330. The molecule has 0 amide bonds. The third kappa shape index (κ3) is 6.39. The first-order valence-corrected chi connectivity index (χ1v) is 12.3. The fraction of sp³-hybridized carbons (Fsp3) is 0.385. The molecule has 5 N–H and O–H groups in total. The van der Waals surface area contributed by atoms with E-state index in [0.717, 1.165) is 37.2 Å². The summed E-state index contributed by atoms with van der Waals surface area (Å²) in [6.07, 6.45) is 3.61. The molecule has 0 fully saturated rings. The van der Waals surface area contributed by atoms with Crippen LogP contribution < -0.4 is 26.8 Å². The van der Waals surface area contributed by atoms with Crippen LogP contribution in [-0.4, -0.2) is 37.7 Å². The molecule has 0 spiro atoms. The maximum Gasteiger partial charge on any atom is 0.328 e. The summed E-state index contributed by atoms with van der Waals surface area (Å²) >= 11 is 0. The summed E-state index contributed by atoms with van der Waals surface area (Å²) in [5.74, 6) is 1.53. The predicted octanol–water partition coefficient (Wildman–Crippen LogP) is 3.81. The van der Waals surface area contributed by atoms with Crippen LogP contribution in [0.25, 0.3) is 11.2 Å². The molecule has 0 unspecified atom stereocenters. The van der Waals surface area contributed by atoms with Crippen molar-refractivity contribution in [2.75, 3.05) is 24.2 Å². The van der Waals surface area contributed by atoms with Crippen LogP contribution in [0.5, 0.6) is 6.01 Å². The lowest BCUT2D eigenvalue weighted by Gasteiger charge is -2.10. The zero-order chi connectivity index (χ0) is 25.5. The number of hydrogen-bond acceptors (Lipinski definition) is 8. The number of imidazole rings is 1. The highest BCUT2D eigenvalue weighted by Crippen LogP contribution is 2.20. The van der Waals surface area contributed by atoms with Crippen molar-refractivity contribution in [3.8, 4) is 6.01 Å². The molecule has 0 bridgehead atoms. The lowest BCUT2D eigenvalue weighted by atomic mass is 10.2. The van der Waals surface area contributed by atoms with E-state index in [9.17, 15) is 4.79 Å². The first kappa shape index (κ1) is 25.2.